The maximum absolute atomic E-state index is 13.0. The van der Waals surface area contributed by atoms with Crippen LogP contribution in [-0.4, -0.2) is 23.8 Å². The van der Waals surface area contributed by atoms with Crippen LogP contribution >= 0.6 is 34.7 Å². The normalized spacial score (nSPS) is 12.2. The van der Waals surface area contributed by atoms with Gasteiger partial charge in [-0.25, -0.2) is 4.98 Å². The van der Waals surface area contributed by atoms with Crippen molar-refractivity contribution in [1.29, 1.82) is 10.5 Å². The molecule has 4 aromatic rings. The Morgan fingerprint density at radius 3 is 2.44 bits per heavy atom. The molecule has 0 saturated heterocycles. The highest BCUT2D eigenvalue weighted by Crippen LogP contribution is 2.38. The number of methoxy groups -OCH3 is 1. The predicted octanol–water partition coefficient (Wildman–Crippen LogP) is 7.49. The molecule has 0 spiro atoms. The molecule has 39 heavy (non-hydrogen) atoms. The number of hydrogen-bond donors (Lipinski definition) is 1. The monoisotopic (exact) mass is 570 g/mol. The van der Waals surface area contributed by atoms with Crippen molar-refractivity contribution >= 4 is 45.6 Å². The minimum Gasteiger partial charge on any atom is -0.497 e. The van der Waals surface area contributed by atoms with Gasteiger partial charge in [0.05, 0.1) is 29.7 Å². The zero-order valence-electron chi connectivity index (χ0n) is 21.1. The summed E-state index contributed by atoms with van der Waals surface area (Å²) >= 11 is 8.80. The van der Waals surface area contributed by atoms with E-state index >= 15 is 0 Å². The molecule has 0 aliphatic heterocycles. The molecule has 0 saturated carbocycles. The number of pyridine rings is 1. The van der Waals surface area contributed by atoms with E-state index < -0.39 is 0 Å². The van der Waals surface area contributed by atoms with Gasteiger partial charge in [-0.3, -0.25) is 4.79 Å². The third-order valence-electron chi connectivity index (χ3n) is 6.52. The van der Waals surface area contributed by atoms with E-state index in [1.165, 1.54) is 28.0 Å². The van der Waals surface area contributed by atoms with E-state index in [0.29, 0.717) is 37.4 Å². The Morgan fingerprint density at radius 1 is 1.05 bits per heavy atom. The molecule has 1 aliphatic carbocycles. The van der Waals surface area contributed by atoms with Crippen molar-refractivity contribution in [2.45, 2.75) is 30.7 Å². The number of amides is 1. The summed E-state index contributed by atoms with van der Waals surface area (Å²) in [5.41, 5.74) is 5.08. The number of aryl methyl sites for hydroxylation is 1. The molecule has 1 aliphatic rings. The van der Waals surface area contributed by atoms with Crippen LogP contribution in [0.5, 0.6) is 5.75 Å². The third-order valence-corrected chi connectivity index (χ3v) is 8.95. The highest BCUT2D eigenvalue weighted by Gasteiger charge is 2.22. The average molecular weight is 571 g/mol. The number of rotatable bonds is 7. The van der Waals surface area contributed by atoms with Crippen molar-refractivity contribution < 1.29 is 9.53 Å². The van der Waals surface area contributed by atoms with Crippen LogP contribution in [0.2, 0.25) is 5.02 Å². The van der Waals surface area contributed by atoms with Gasteiger partial charge in [-0.1, -0.05) is 35.5 Å². The molecular weight excluding hydrogens is 548 g/mol. The van der Waals surface area contributed by atoms with Crippen molar-refractivity contribution in [3.05, 3.63) is 81.2 Å². The lowest BCUT2D eigenvalue weighted by atomic mass is 9.96. The number of halogens is 1. The zero-order valence-corrected chi connectivity index (χ0v) is 23.5. The molecule has 5 rings (SSSR count). The fourth-order valence-electron chi connectivity index (χ4n) is 4.57. The minimum atomic E-state index is -0.247. The molecule has 2 heterocycles. The largest absolute Gasteiger partial charge is 0.497 e. The van der Waals surface area contributed by atoms with Crippen LogP contribution in [0.3, 0.4) is 0 Å². The van der Waals surface area contributed by atoms with E-state index in [1.54, 1.807) is 19.2 Å². The van der Waals surface area contributed by atoms with E-state index in [4.69, 9.17) is 21.3 Å². The van der Waals surface area contributed by atoms with Crippen LogP contribution in [0.15, 0.2) is 59.6 Å². The van der Waals surface area contributed by atoms with Crippen LogP contribution in [0, 0.1) is 22.7 Å². The smallest absolute Gasteiger partial charge is 0.235 e. The number of hydrogen-bond acceptors (Lipinski definition) is 7. The average Bonchev–Trinajstić information content (AvgIpc) is 3.32. The van der Waals surface area contributed by atoms with Crippen LogP contribution in [-0.2, 0) is 17.6 Å². The fraction of sp³-hybridized carbons (Fsp3) is 0.200. The molecule has 6 nitrogen and oxygen atoms in total. The number of ether oxygens (including phenoxy) is 1. The Hall–Kier alpha value is -3.82. The summed E-state index contributed by atoms with van der Waals surface area (Å²) in [5, 5.41) is 24.4. The number of nitriles is 2. The van der Waals surface area contributed by atoms with Gasteiger partial charge in [0.15, 0.2) is 0 Å². The summed E-state index contributed by atoms with van der Waals surface area (Å²) < 4.78 is 5.28. The van der Waals surface area contributed by atoms with E-state index in [1.807, 2.05) is 42.5 Å². The van der Waals surface area contributed by atoms with Crippen molar-refractivity contribution in [3.63, 3.8) is 0 Å². The molecular formula is C30H23ClN4O2S2. The summed E-state index contributed by atoms with van der Waals surface area (Å²) in [4.78, 5) is 19.0. The van der Waals surface area contributed by atoms with E-state index in [-0.39, 0.29) is 11.7 Å². The van der Waals surface area contributed by atoms with Crippen molar-refractivity contribution in [1.82, 2.24) is 4.98 Å². The Balaban J connectivity index is 1.46. The van der Waals surface area contributed by atoms with Gasteiger partial charge >= 0.3 is 0 Å². The van der Waals surface area contributed by atoms with Crippen LogP contribution in [0.4, 0.5) is 5.00 Å². The molecule has 0 unspecified atom stereocenters. The van der Waals surface area contributed by atoms with Crippen LogP contribution < -0.4 is 10.1 Å². The minimum absolute atomic E-state index is 0.0429. The van der Waals surface area contributed by atoms with Crippen molar-refractivity contribution in [2.24, 2.45) is 0 Å². The molecule has 2 aromatic carbocycles. The number of fused-ring (bicyclic) bond motifs is 1. The summed E-state index contributed by atoms with van der Waals surface area (Å²) in [6, 6.07) is 21.2. The topological polar surface area (TPSA) is 98.8 Å². The van der Waals surface area contributed by atoms with Crippen molar-refractivity contribution in [2.75, 3.05) is 18.2 Å². The summed E-state index contributed by atoms with van der Waals surface area (Å²) in [5.74, 6) is 0.522. The first-order chi connectivity index (χ1) is 19.0. The first kappa shape index (κ1) is 26.8. The lowest BCUT2D eigenvalue weighted by molar-refractivity contribution is -0.113. The molecule has 1 N–H and O–H groups in total. The summed E-state index contributed by atoms with van der Waals surface area (Å²) in [7, 11) is 1.61. The Bertz CT molecular complexity index is 1620. The maximum atomic E-state index is 13.0. The lowest BCUT2D eigenvalue weighted by Crippen LogP contribution is -2.14. The highest BCUT2D eigenvalue weighted by atomic mass is 35.5. The predicted molar refractivity (Wildman–Crippen MR) is 156 cm³/mol. The Kier molecular flexibility index (Phi) is 8.18. The van der Waals surface area contributed by atoms with Gasteiger partial charge in [-0.15, -0.1) is 11.3 Å². The molecule has 0 bridgehead atoms. The number of thiophene rings is 1. The maximum Gasteiger partial charge on any atom is 0.235 e. The summed E-state index contributed by atoms with van der Waals surface area (Å²) in [6.45, 7) is 0. The number of nitrogens with zero attached hydrogens (tertiary/aromatic N) is 3. The molecule has 1 amide bonds. The lowest BCUT2D eigenvalue weighted by Gasteiger charge is -2.13. The van der Waals surface area contributed by atoms with Gasteiger partial charge in [0, 0.05) is 21.0 Å². The van der Waals surface area contributed by atoms with Crippen LogP contribution in [0.1, 0.15) is 34.4 Å². The molecule has 2 aromatic heterocycles. The molecule has 9 heteroatoms. The van der Waals surface area contributed by atoms with E-state index in [9.17, 15) is 15.3 Å². The second-order valence-electron chi connectivity index (χ2n) is 8.95. The number of anilines is 1. The second-order valence-corrected chi connectivity index (χ2v) is 11.5. The molecule has 0 fully saturated rings. The van der Waals surface area contributed by atoms with Gasteiger partial charge in [0.25, 0.3) is 0 Å². The van der Waals surface area contributed by atoms with Crippen LogP contribution in [0.25, 0.3) is 22.4 Å². The van der Waals surface area contributed by atoms with E-state index in [2.05, 4.69) is 17.5 Å². The van der Waals surface area contributed by atoms with Gasteiger partial charge in [0.2, 0.25) is 5.91 Å². The number of carbonyl (C=O) groups excluding carboxylic acids is 1. The standard InChI is InChI=1S/C30H23ClN4O2S2/c1-37-21-12-8-19(9-13-21)26-14-23(18-6-10-20(31)11-7-18)25(16-33)29(34-26)38-17-28(36)35-30-24(15-32)22-4-2-3-5-27(22)39-30/h6-14H,2-5,17H2,1H3,(H,35,36). The SMILES string of the molecule is COc1ccc(-c2cc(-c3ccc(Cl)cc3)c(C#N)c(SCC(=O)Nc3sc4c(c3C#N)CCCC4)n2)cc1. The fourth-order valence-corrected chi connectivity index (χ4v) is 6.75. The van der Waals surface area contributed by atoms with Crippen molar-refractivity contribution in [3.8, 4) is 40.3 Å². The van der Waals surface area contributed by atoms with Gasteiger partial charge in [-0.05, 0) is 79.3 Å². The molecule has 0 radical (unpaired) electrons. The molecule has 0 atom stereocenters. The number of benzene rings is 2. The van der Waals surface area contributed by atoms with Gasteiger partial charge in [-0.2, -0.15) is 10.5 Å². The Morgan fingerprint density at radius 2 is 1.74 bits per heavy atom. The number of thioether (sulfide) groups is 1. The quantitative estimate of drug-likeness (QED) is 0.231. The first-order valence-electron chi connectivity index (χ1n) is 12.3. The van der Waals surface area contributed by atoms with Gasteiger partial charge in [0.1, 0.15) is 27.9 Å². The first-order valence-corrected chi connectivity index (χ1v) is 14.5. The Labute approximate surface area is 240 Å². The second kappa shape index (κ2) is 11.9. The molecule has 194 valence electrons. The highest BCUT2D eigenvalue weighted by molar-refractivity contribution is 8.00. The van der Waals surface area contributed by atoms with E-state index in [0.717, 1.165) is 48.1 Å². The number of carbonyl (C=O) groups is 1. The number of nitrogens with one attached hydrogen (secondary N) is 1. The third kappa shape index (κ3) is 5.79. The van der Waals surface area contributed by atoms with Gasteiger partial charge < -0.3 is 10.1 Å². The number of aromatic nitrogens is 1. The summed E-state index contributed by atoms with van der Waals surface area (Å²) in [6.07, 6.45) is 3.98. The zero-order chi connectivity index (χ0) is 27.4.